The number of nitrogens with one attached hydrogen (secondary N) is 2. The fourth-order valence-corrected chi connectivity index (χ4v) is 4.64. The third-order valence-corrected chi connectivity index (χ3v) is 6.54. The van der Waals surface area contributed by atoms with Gasteiger partial charge in [0, 0.05) is 18.8 Å². The first-order valence-corrected chi connectivity index (χ1v) is 11.0. The number of nitrogens with zero attached hydrogens (tertiary/aromatic N) is 1. The van der Waals surface area contributed by atoms with Gasteiger partial charge in [-0.2, -0.15) is 0 Å². The molecule has 1 aromatic carbocycles. The van der Waals surface area contributed by atoms with E-state index >= 15 is 0 Å². The zero-order chi connectivity index (χ0) is 21.2. The van der Waals surface area contributed by atoms with Crippen LogP contribution in [0.2, 0.25) is 0 Å². The summed E-state index contributed by atoms with van der Waals surface area (Å²) in [5.74, 6) is -1.10. The van der Waals surface area contributed by atoms with E-state index in [2.05, 4.69) is 5.32 Å². The van der Waals surface area contributed by atoms with Crippen LogP contribution >= 0.6 is 0 Å². The van der Waals surface area contributed by atoms with Gasteiger partial charge in [0.05, 0.1) is 0 Å². The molecule has 0 spiro atoms. The van der Waals surface area contributed by atoms with Crippen molar-refractivity contribution in [3.8, 4) is 0 Å². The quantitative estimate of drug-likeness (QED) is 0.749. The van der Waals surface area contributed by atoms with Gasteiger partial charge in [-0.1, -0.05) is 27.7 Å². The molecule has 3 amide bonds. The highest BCUT2D eigenvalue weighted by molar-refractivity contribution is 7.91. The minimum absolute atomic E-state index is 0.0883. The smallest absolute Gasteiger partial charge is 0.332 e. The molecule has 156 valence electrons. The molecule has 0 bridgehead atoms. The summed E-state index contributed by atoms with van der Waals surface area (Å²) >= 11 is 0. The van der Waals surface area contributed by atoms with Crippen LogP contribution in [-0.4, -0.2) is 43.6 Å². The van der Waals surface area contributed by atoms with Gasteiger partial charge >= 0.3 is 6.03 Å². The van der Waals surface area contributed by atoms with Crippen molar-refractivity contribution in [1.29, 1.82) is 0 Å². The zero-order valence-electron chi connectivity index (χ0n) is 16.9. The van der Waals surface area contributed by atoms with Gasteiger partial charge in [-0.05, 0) is 48.4 Å². The molecule has 2 rings (SSSR count). The van der Waals surface area contributed by atoms with Crippen LogP contribution in [-0.2, 0) is 14.8 Å². The Morgan fingerprint density at radius 1 is 1.21 bits per heavy atom. The summed E-state index contributed by atoms with van der Waals surface area (Å²) < 4.78 is 41.0. The van der Waals surface area contributed by atoms with Gasteiger partial charge in [0.2, 0.25) is 15.9 Å². The van der Waals surface area contributed by atoms with E-state index in [1.807, 2.05) is 32.4 Å². The Morgan fingerprint density at radius 2 is 1.75 bits per heavy atom. The number of likely N-dealkylation sites (tertiary alicyclic amines) is 1. The van der Waals surface area contributed by atoms with E-state index in [-0.39, 0.29) is 18.3 Å². The highest BCUT2D eigenvalue weighted by atomic mass is 32.2. The minimum Gasteiger partial charge on any atom is -0.342 e. The summed E-state index contributed by atoms with van der Waals surface area (Å²) in [6, 6.07) is 1.71. The Balaban J connectivity index is 2.27. The molecule has 2 N–H and O–H groups in total. The lowest BCUT2D eigenvalue weighted by molar-refractivity contribution is -0.127. The molecule has 1 heterocycles. The van der Waals surface area contributed by atoms with Crippen LogP contribution in [0.15, 0.2) is 12.1 Å². The molecule has 1 atom stereocenters. The highest BCUT2D eigenvalue weighted by Crippen LogP contribution is 2.33. The predicted octanol–water partition coefficient (Wildman–Crippen LogP) is 3.14. The van der Waals surface area contributed by atoms with Gasteiger partial charge in [-0.25, -0.2) is 22.3 Å². The van der Waals surface area contributed by atoms with Crippen molar-refractivity contribution < 1.29 is 22.4 Å². The van der Waals surface area contributed by atoms with E-state index in [4.69, 9.17) is 0 Å². The fourth-order valence-electron chi connectivity index (χ4n) is 3.36. The molecule has 0 aromatic heterocycles. The molecule has 9 heteroatoms. The normalized spacial score (nSPS) is 17.5. The predicted molar refractivity (Wildman–Crippen MR) is 106 cm³/mol. The first-order valence-electron chi connectivity index (χ1n) is 9.42. The Hall–Kier alpha value is -2.16. The number of sulfonamides is 1. The maximum Gasteiger partial charge on any atom is 0.332 e. The molecular weight excluding hydrogens is 385 g/mol. The second kappa shape index (κ2) is 8.46. The summed E-state index contributed by atoms with van der Waals surface area (Å²) in [4.78, 5) is 26.1. The van der Waals surface area contributed by atoms with Crippen LogP contribution < -0.4 is 10.0 Å². The first-order chi connectivity index (χ1) is 13.0. The van der Waals surface area contributed by atoms with Crippen molar-refractivity contribution in [3.63, 3.8) is 0 Å². The van der Waals surface area contributed by atoms with Crippen molar-refractivity contribution in [2.45, 2.75) is 58.1 Å². The molecule has 1 unspecified atom stereocenters. The Morgan fingerprint density at radius 3 is 2.18 bits per heavy atom. The van der Waals surface area contributed by atoms with Gasteiger partial charge in [-0.15, -0.1) is 0 Å². The lowest BCUT2D eigenvalue weighted by Gasteiger charge is -2.21. The SMILES string of the molecule is CCN1CCC(S(=O)(=O)NC(=O)Nc2c(C(C)C)cc(F)cc2C(C)C)C1=O. The Bertz CT molecular complexity index is 839. The molecule has 1 aliphatic heterocycles. The summed E-state index contributed by atoms with van der Waals surface area (Å²) in [6.45, 7) is 9.95. The van der Waals surface area contributed by atoms with Crippen LogP contribution in [0.5, 0.6) is 0 Å². The van der Waals surface area contributed by atoms with Gasteiger partial charge in [0.25, 0.3) is 0 Å². The van der Waals surface area contributed by atoms with Crippen LogP contribution in [0.3, 0.4) is 0 Å². The molecule has 1 saturated heterocycles. The van der Waals surface area contributed by atoms with E-state index in [0.717, 1.165) is 0 Å². The standard InChI is InChI=1S/C19H28FN3O4S/c1-6-23-8-7-16(18(23)24)28(26,27)22-19(25)21-17-14(11(2)3)9-13(20)10-15(17)12(4)5/h9-12,16H,6-8H2,1-5H3,(H2,21,22,25). The average Bonchev–Trinajstić information content (AvgIpc) is 2.96. The number of carbonyl (C=O) groups is 2. The number of hydrogen-bond acceptors (Lipinski definition) is 4. The average molecular weight is 414 g/mol. The van der Waals surface area contributed by atoms with Crippen molar-refractivity contribution >= 4 is 27.6 Å². The summed E-state index contributed by atoms with van der Waals surface area (Å²) in [6.07, 6.45) is 0.139. The number of amides is 3. The third kappa shape index (κ3) is 4.63. The largest absolute Gasteiger partial charge is 0.342 e. The molecule has 1 fully saturated rings. The topological polar surface area (TPSA) is 95.6 Å². The van der Waals surface area contributed by atoms with Crippen molar-refractivity contribution in [2.75, 3.05) is 18.4 Å². The monoisotopic (exact) mass is 413 g/mol. The molecule has 28 heavy (non-hydrogen) atoms. The van der Waals surface area contributed by atoms with Crippen molar-refractivity contribution in [1.82, 2.24) is 9.62 Å². The van der Waals surface area contributed by atoms with Crippen LogP contribution in [0, 0.1) is 5.82 Å². The van der Waals surface area contributed by atoms with Crippen LogP contribution in [0.25, 0.3) is 0 Å². The number of urea groups is 1. The van der Waals surface area contributed by atoms with E-state index < -0.39 is 33.0 Å². The Labute approximate surface area is 165 Å². The summed E-state index contributed by atoms with van der Waals surface area (Å²) in [7, 11) is -4.17. The molecular formula is C19H28FN3O4S. The van der Waals surface area contributed by atoms with Gasteiger partial charge in [-0.3, -0.25) is 4.79 Å². The summed E-state index contributed by atoms with van der Waals surface area (Å²) in [5.41, 5.74) is 1.54. The lowest BCUT2D eigenvalue weighted by atomic mass is 9.92. The van der Waals surface area contributed by atoms with E-state index in [1.54, 1.807) is 6.92 Å². The number of carbonyl (C=O) groups excluding carboxylic acids is 2. The molecule has 1 aliphatic rings. The molecule has 7 nitrogen and oxygen atoms in total. The zero-order valence-corrected chi connectivity index (χ0v) is 17.7. The van der Waals surface area contributed by atoms with Crippen molar-refractivity contribution in [3.05, 3.63) is 29.1 Å². The van der Waals surface area contributed by atoms with E-state index in [1.165, 1.54) is 17.0 Å². The van der Waals surface area contributed by atoms with Crippen LogP contribution in [0.4, 0.5) is 14.9 Å². The van der Waals surface area contributed by atoms with Crippen LogP contribution in [0.1, 0.15) is 64.0 Å². The van der Waals surface area contributed by atoms with Gasteiger partial charge in [0.1, 0.15) is 5.82 Å². The number of rotatable bonds is 6. The summed E-state index contributed by atoms with van der Waals surface area (Å²) in [5, 5.41) is 1.29. The second-order valence-electron chi connectivity index (χ2n) is 7.57. The number of halogens is 1. The second-order valence-corrected chi connectivity index (χ2v) is 9.43. The maximum atomic E-state index is 14.0. The van der Waals surface area contributed by atoms with E-state index in [9.17, 15) is 22.4 Å². The van der Waals surface area contributed by atoms with E-state index in [0.29, 0.717) is 29.9 Å². The first kappa shape index (κ1) is 22.1. The number of benzene rings is 1. The lowest BCUT2D eigenvalue weighted by Crippen LogP contribution is -2.44. The molecule has 0 saturated carbocycles. The van der Waals surface area contributed by atoms with Gasteiger partial charge in [0.15, 0.2) is 5.25 Å². The highest BCUT2D eigenvalue weighted by Gasteiger charge is 2.41. The minimum atomic E-state index is -4.17. The fraction of sp³-hybridized carbons (Fsp3) is 0.579. The van der Waals surface area contributed by atoms with Gasteiger partial charge < -0.3 is 10.2 Å². The molecule has 0 aliphatic carbocycles. The number of hydrogen-bond donors (Lipinski definition) is 2. The number of anilines is 1. The molecule has 0 radical (unpaired) electrons. The molecule has 1 aromatic rings. The maximum absolute atomic E-state index is 14.0. The van der Waals surface area contributed by atoms with Crippen molar-refractivity contribution in [2.24, 2.45) is 0 Å². The third-order valence-electron chi connectivity index (χ3n) is 4.89. The Kier molecular flexibility index (Phi) is 6.69.